The molecule has 0 saturated carbocycles. The van der Waals surface area contributed by atoms with Gasteiger partial charge in [0.15, 0.2) is 0 Å². The van der Waals surface area contributed by atoms with Crippen molar-refractivity contribution in [3.8, 4) is 5.75 Å². The first kappa shape index (κ1) is 21.6. The Morgan fingerprint density at radius 2 is 1.88 bits per heavy atom. The number of esters is 1. The summed E-state index contributed by atoms with van der Waals surface area (Å²) in [6.07, 6.45) is 8.69. The van der Waals surface area contributed by atoms with Crippen LogP contribution in [0.2, 0.25) is 0 Å². The number of hydrogen-bond donors (Lipinski definition) is 2. The summed E-state index contributed by atoms with van der Waals surface area (Å²) in [6.45, 7) is 3.31. The van der Waals surface area contributed by atoms with E-state index in [1.165, 1.54) is 23.6 Å². The average Bonchev–Trinajstić information content (AvgIpc) is 3.48. The molecule has 5 rings (SSSR count). The van der Waals surface area contributed by atoms with Crippen LogP contribution in [-0.2, 0) is 11.2 Å². The van der Waals surface area contributed by atoms with E-state index in [-0.39, 0.29) is 5.97 Å². The topological polar surface area (TPSA) is 70.4 Å². The van der Waals surface area contributed by atoms with E-state index in [9.17, 15) is 4.79 Å². The zero-order chi connectivity index (χ0) is 22.8. The summed E-state index contributed by atoms with van der Waals surface area (Å²) in [5, 5.41) is 2.36. The molecule has 33 heavy (non-hydrogen) atoms. The van der Waals surface area contributed by atoms with Gasteiger partial charge in [0, 0.05) is 34.2 Å². The van der Waals surface area contributed by atoms with Crippen molar-refractivity contribution >= 4 is 27.8 Å². The van der Waals surface area contributed by atoms with Crippen molar-refractivity contribution in [1.82, 2.24) is 14.9 Å². The molecule has 0 unspecified atom stereocenters. The summed E-state index contributed by atoms with van der Waals surface area (Å²) in [5.74, 6) is 1.17. The van der Waals surface area contributed by atoms with Crippen LogP contribution < -0.4 is 4.74 Å². The van der Waals surface area contributed by atoms with E-state index in [1.807, 2.05) is 30.3 Å². The van der Waals surface area contributed by atoms with Crippen molar-refractivity contribution in [2.45, 2.75) is 31.6 Å². The summed E-state index contributed by atoms with van der Waals surface area (Å²) in [6, 6.07) is 11.9. The Morgan fingerprint density at radius 1 is 1.06 bits per heavy atom. The van der Waals surface area contributed by atoms with Gasteiger partial charge in [0.1, 0.15) is 5.75 Å². The standard InChI is InChI=1S/C27H31N3O3/c1-32-25-7-3-6-24-26(25)20(16-28-24)5-4-12-30-13-10-18(11-14-30)22-17-29-23-9-8-19(15-21(22)23)27(31)33-2/h3,6-9,15-18,28-29H,4-5,10-14H2,1-2H3. The highest BCUT2D eigenvalue weighted by atomic mass is 16.5. The molecule has 6 nitrogen and oxygen atoms in total. The maximum absolute atomic E-state index is 12.0. The van der Waals surface area contributed by atoms with Crippen molar-refractivity contribution in [2.75, 3.05) is 33.9 Å². The molecule has 1 aliphatic rings. The summed E-state index contributed by atoms with van der Waals surface area (Å²) < 4.78 is 10.5. The fourth-order valence-corrected chi connectivity index (χ4v) is 5.27. The van der Waals surface area contributed by atoms with Crippen LogP contribution in [0, 0.1) is 0 Å². The lowest BCUT2D eigenvalue weighted by atomic mass is 9.88. The van der Waals surface area contributed by atoms with Gasteiger partial charge in [0.05, 0.1) is 19.8 Å². The summed E-state index contributed by atoms with van der Waals surface area (Å²) in [5.41, 5.74) is 5.48. The lowest BCUT2D eigenvalue weighted by Crippen LogP contribution is -2.33. The van der Waals surface area contributed by atoms with Crippen molar-refractivity contribution in [3.63, 3.8) is 0 Å². The molecule has 0 spiro atoms. The smallest absolute Gasteiger partial charge is 0.337 e. The molecule has 0 bridgehead atoms. The number of nitrogens with zero attached hydrogens (tertiary/aromatic N) is 1. The van der Waals surface area contributed by atoms with E-state index in [4.69, 9.17) is 9.47 Å². The molecule has 2 aromatic heterocycles. The van der Waals surface area contributed by atoms with Gasteiger partial charge in [-0.25, -0.2) is 4.79 Å². The molecule has 0 radical (unpaired) electrons. The molecule has 172 valence electrons. The van der Waals surface area contributed by atoms with Gasteiger partial charge in [0.2, 0.25) is 0 Å². The van der Waals surface area contributed by atoms with Crippen LogP contribution in [0.25, 0.3) is 21.8 Å². The maximum atomic E-state index is 12.0. The number of carbonyl (C=O) groups is 1. The predicted molar refractivity (Wildman–Crippen MR) is 131 cm³/mol. The van der Waals surface area contributed by atoms with Gasteiger partial charge in [-0.05, 0) is 92.7 Å². The first-order chi connectivity index (χ1) is 16.2. The Hall–Kier alpha value is -3.25. The highest BCUT2D eigenvalue weighted by Crippen LogP contribution is 2.34. The molecular weight excluding hydrogens is 414 g/mol. The van der Waals surface area contributed by atoms with Crippen LogP contribution in [0.1, 0.15) is 46.7 Å². The number of aromatic nitrogens is 2. The molecular formula is C27H31N3O3. The zero-order valence-electron chi connectivity index (χ0n) is 19.3. The van der Waals surface area contributed by atoms with Gasteiger partial charge in [-0.2, -0.15) is 0 Å². The number of fused-ring (bicyclic) bond motifs is 2. The Balaban J connectivity index is 1.19. The molecule has 3 heterocycles. The lowest BCUT2D eigenvalue weighted by Gasteiger charge is -2.32. The summed E-state index contributed by atoms with van der Waals surface area (Å²) in [7, 11) is 3.16. The SMILES string of the molecule is COC(=O)c1ccc2[nH]cc(C3CCN(CCCc4c[nH]c5cccc(OC)c45)CC3)c2c1. The quantitative estimate of drug-likeness (QED) is 0.381. The second-order valence-electron chi connectivity index (χ2n) is 8.91. The minimum Gasteiger partial charge on any atom is -0.496 e. The van der Waals surface area contributed by atoms with E-state index >= 15 is 0 Å². The number of benzene rings is 2. The first-order valence-corrected chi connectivity index (χ1v) is 11.7. The minimum absolute atomic E-state index is 0.285. The van der Waals surface area contributed by atoms with Crippen molar-refractivity contribution < 1.29 is 14.3 Å². The van der Waals surface area contributed by atoms with Gasteiger partial charge in [-0.3, -0.25) is 0 Å². The third kappa shape index (κ3) is 4.23. The molecule has 0 amide bonds. The number of aromatic amines is 2. The van der Waals surface area contributed by atoms with Gasteiger partial charge < -0.3 is 24.3 Å². The number of carbonyl (C=O) groups excluding carboxylic acids is 1. The van der Waals surface area contributed by atoms with Crippen LogP contribution >= 0.6 is 0 Å². The number of H-pyrrole nitrogens is 2. The van der Waals surface area contributed by atoms with Crippen molar-refractivity contribution in [1.29, 1.82) is 0 Å². The van der Waals surface area contributed by atoms with E-state index in [0.717, 1.165) is 67.5 Å². The van der Waals surface area contributed by atoms with Gasteiger partial charge in [0.25, 0.3) is 0 Å². The number of hydrogen-bond acceptors (Lipinski definition) is 4. The van der Waals surface area contributed by atoms with Crippen LogP contribution in [0.4, 0.5) is 0 Å². The zero-order valence-corrected chi connectivity index (χ0v) is 19.3. The largest absolute Gasteiger partial charge is 0.496 e. The minimum atomic E-state index is -0.285. The number of aryl methyl sites for hydroxylation is 1. The first-order valence-electron chi connectivity index (χ1n) is 11.7. The van der Waals surface area contributed by atoms with Crippen LogP contribution in [-0.4, -0.2) is 54.7 Å². The fraction of sp³-hybridized carbons (Fsp3) is 0.370. The van der Waals surface area contributed by atoms with E-state index in [1.54, 1.807) is 7.11 Å². The number of methoxy groups -OCH3 is 2. The Labute approximate surface area is 193 Å². The average molecular weight is 446 g/mol. The molecule has 6 heteroatoms. The Bertz CT molecular complexity index is 1260. The lowest BCUT2D eigenvalue weighted by molar-refractivity contribution is 0.0601. The van der Waals surface area contributed by atoms with E-state index < -0.39 is 0 Å². The van der Waals surface area contributed by atoms with Gasteiger partial charge in [-0.15, -0.1) is 0 Å². The number of likely N-dealkylation sites (tertiary alicyclic amines) is 1. The van der Waals surface area contributed by atoms with Crippen molar-refractivity contribution in [3.05, 3.63) is 65.5 Å². The molecule has 4 aromatic rings. The maximum Gasteiger partial charge on any atom is 0.337 e. The normalized spacial score (nSPS) is 15.3. The molecule has 2 aromatic carbocycles. The predicted octanol–water partition coefficient (Wildman–Crippen LogP) is 5.26. The number of piperidine rings is 1. The van der Waals surface area contributed by atoms with E-state index in [2.05, 4.69) is 33.3 Å². The molecule has 1 saturated heterocycles. The highest BCUT2D eigenvalue weighted by Gasteiger charge is 2.23. The summed E-state index contributed by atoms with van der Waals surface area (Å²) in [4.78, 5) is 21.3. The van der Waals surface area contributed by atoms with E-state index in [0.29, 0.717) is 11.5 Å². The molecule has 0 aliphatic carbocycles. The third-order valence-corrected chi connectivity index (χ3v) is 7.05. The Morgan fingerprint density at radius 3 is 2.67 bits per heavy atom. The second kappa shape index (κ2) is 9.32. The summed E-state index contributed by atoms with van der Waals surface area (Å²) >= 11 is 0. The fourth-order valence-electron chi connectivity index (χ4n) is 5.27. The highest BCUT2D eigenvalue weighted by molar-refractivity contribution is 5.95. The Kier molecular flexibility index (Phi) is 6.09. The third-order valence-electron chi connectivity index (χ3n) is 7.05. The molecule has 0 atom stereocenters. The number of rotatable bonds is 7. The number of ether oxygens (including phenoxy) is 2. The van der Waals surface area contributed by atoms with Crippen LogP contribution in [0.3, 0.4) is 0 Å². The molecule has 1 fully saturated rings. The molecule has 1 aliphatic heterocycles. The monoisotopic (exact) mass is 445 g/mol. The van der Waals surface area contributed by atoms with Gasteiger partial charge in [-0.1, -0.05) is 6.07 Å². The number of nitrogens with one attached hydrogen (secondary N) is 2. The van der Waals surface area contributed by atoms with Gasteiger partial charge >= 0.3 is 5.97 Å². The molecule has 2 N–H and O–H groups in total. The van der Waals surface area contributed by atoms with Crippen LogP contribution in [0.5, 0.6) is 5.75 Å². The second-order valence-corrected chi connectivity index (χ2v) is 8.91. The van der Waals surface area contributed by atoms with Crippen molar-refractivity contribution in [2.24, 2.45) is 0 Å². The van der Waals surface area contributed by atoms with Crippen LogP contribution in [0.15, 0.2) is 48.8 Å².